The van der Waals surface area contributed by atoms with Gasteiger partial charge in [0.05, 0.1) is 10.6 Å². The van der Waals surface area contributed by atoms with Gasteiger partial charge in [-0.1, -0.05) is 42.5 Å². The van der Waals surface area contributed by atoms with E-state index in [2.05, 4.69) is 4.72 Å². The number of hydrogen-bond acceptors (Lipinski definition) is 5. The van der Waals surface area contributed by atoms with Crippen LogP contribution in [0.1, 0.15) is 27.0 Å². The zero-order chi connectivity index (χ0) is 25.0. The number of carbonyl (C=O) groups is 1. The molecular formula is C26H25FN4O3S. The topological polar surface area (TPSA) is 93.5 Å². The van der Waals surface area contributed by atoms with Crippen molar-refractivity contribution in [2.45, 2.75) is 18.4 Å². The lowest BCUT2D eigenvalue weighted by atomic mass is 10.1. The van der Waals surface area contributed by atoms with E-state index in [0.717, 1.165) is 5.56 Å². The van der Waals surface area contributed by atoms with Gasteiger partial charge >= 0.3 is 0 Å². The smallest absolute Gasteiger partial charge is 0.254 e. The first-order valence-corrected chi connectivity index (χ1v) is 12.7. The maximum Gasteiger partial charge on any atom is 0.254 e. The first-order chi connectivity index (χ1) is 16.8. The SMILES string of the molecule is Cc1ccc(C(=O)N2CCN(c3cccc(F)c3C#N)CC2)cc1S(=O)(=O)NCc1ccccc1. The Morgan fingerprint density at radius 1 is 1.03 bits per heavy atom. The molecule has 1 N–H and O–H groups in total. The monoisotopic (exact) mass is 492 g/mol. The number of sulfonamides is 1. The Bertz CT molecular complexity index is 1380. The summed E-state index contributed by atoms with van der Waals surface area (Å²) in [6.07, 6.45) is 0. The first-order valence-electron chi connectivity index (χ1n) is 11.2. The van der Waals surface area contributed by atoms with Crippen LogP contribution in [0, 0.1) is 24.1 Å². The molecule has 0 spiro atoms. The van der Waals surface area contributed by atoms with Crippen LogP contribution in [0.3, 0.4) is 0 Å². The molecule has 0 aromatic heterocycles. The number of aryl methyl sites for hydroxylation is 1. The van der Waals surface area contributed by atoms with E-state index in [1.54, 1.807) is 36.1 Å². The average molecular weight is 493 g/mol. The second-order valence-electron chi connectivity index (χ2n) is 8.32. The van der Waals surface area contributed by atoms with Crippen molar-refractivity contribution in [3.8, 4) is 6.07 Å². The van der Waals surface area contributed by atoms with Gasteiger partial charge < -0.3 is 9.80 Å². The van der Waals surface area contributed by atoms with Gasteiger partial charge in [0.1, 0.15) is 17.4 Å². The summed E-state index contributed by atoms with van der Waals surface area (Å²) in [7, 11) is -3.83. The number of amides is 1. The fourth-order valence-electron chi connectivity index (χ4n) is 4.09. The summed E-state index contributed by atoms with van der Waals surface area (Å²) >= 11 is 0. The molecule has 1 aliphatic rings. The highest BCUT2D eigenvalue weighted by Crippen LogP contribution is 2.25. The number of nitrogens with zero attached hydrogens (tertiary/aromatic N) is 3. The highest BCUT2D eigenvalue weighted by Gasteiger charge is 2.26. The van der Waals surface area contributed by atoms with E-state index in [1.807, 2.05) is 41.3 Å². The van der Waals surface area contributed by atoms with Crippen LogP contribution in [0.4, 0.5) is 10.1 Å². The molecule has 1 amide bonds. The van der Waals surface area contributed by atoms with Crippen molar-refractivity contribution in [3.63, 3.8) is 0 Å². The maximum atomic E-state index is 14.0. The van der Waals surface area contributed by atoms with Crippen LogP contribution < -0.4 is 9.62 Å². The Morgan fingerprint density at radius 3 is 2.43 bits per heavy atom. The molecule has 0 atom stereocenters. The standard InChI is InChI=1S/C26H25FN4O3S/c1-19-10-11-21(16-25(19)35(33,34)29-18-20-6-3-2-4-7-20)26(32)31-14-12-30(13-15-31)24-9-5-8-23(27)22(24)17-28/h2-11,16,29H,12-15,18H2,1H3. The van der Waals surface area contributed by atoms with Crippen LogP contribution in [0.5, 0.6) is 0 Å². The molecule has 0 aliphatic carbocycles. The highest BCUT2D eigenvalue weighted by atomic mass is 32.2. The van der Waals surface area contributed by atoms with Crippen LogP contribution in [-0.4, -0.2) is 45.4 Å². The molecule has 4 rings (SSSR count). The lowest BCUT2D eigenvalue weighted by Crippen LogP contribution is -2.49. The Labute approximate surface area is 204 Å². The second kappa shape index (κ2) is 10.3. The molecule has 3 aromatic rings. The zero-order valence-electron chi connectivity index (χ0n) is 19.2. The number of carbonyl (C=O) groups excluding carboxylic acids is 1. The molecule has 0 saturated carbocycles. The average Bonchev–Trinajstić information content (AvgIpc) is 2.88. The number of nitriles is 1. The molecule has 3 aromatic carbocycles. The summed E-state index contributed by atoms with van der Waals surface area (Å²) in [5.41, 5.74) is 2.16. The maximum absolute atomic E-state index is 14.0. The fraction of sp³-hybridized carbons (Fsp3) is 0.231. The molecule has 1 aliphatic heterocycles. The van der Waals surface area contributed by atoms with Crippen molar-refractivity contribution >= 4 is 21.6 Å². The van der Waals surface area contributed by atoms with Crippen LogP contribution in [0.2, 0.25) is 0 Å². The Morgan fingerprint density at radius 2 is 1.74 bits per heavy atom. The Balaban J connectivity index is 1.47. The van der Waals surface area contributed by atoms with Crippen LogP contribution in [0.15, 0.2) is 71.6 Å². The predicted molar refractivity (Wildman–Crippen MR) is 131 cm³/mol. The number of anilines is 1. The molecule has 0 unspecified atom stereocenters. The number of piperazine rings is 1. The Kier molecular flexibility index (Phi) is 7.15. The quantitative estimate of drug-likeness (QED) is 0.569. The van der Waals surface area contributed by atoms with E-state index < -0.39 is 15.8 Å². The summed E-state index contributed by atoms with van der Waals surface area (Å²) in [6.45, 7) is 3.42. The lowest BCUT2D eigenvalue weighted by molar-refractivity contribution is 0.0746. The lowest BCUT2D eigenvalue weighted by Gasteiger charge is -2.36. The summed E-state index contributed by atoms with van der Waals surface area (Å²) in [5.74, 6) is -0.846. The number of hydrogen-bond donors (Lipinski definition) is 1. The van der Waals surface area contributed by atoms with Crippen molar-refractivity contribution in [2.75, 3.05) is 31.1 Å². The van der Waals surface area contributed by atoms with E-state index in [1.165, 1.54) is 12.1 Å². The summed E-state index contributed by atoms with van der Waals surface area (Å²) in [6, 6.07) is 20.3. The van der Waals surface area contributed by atoms with Gasteiger partial charge in [0, 0.05) is 38.3 Å². The van der Waals surface area contributed by atoms with Crippen LogP contribution in [-0.2, 0) is 16.6 Å². The molecule has 9 heteroatoms. The number of halogens is 1. The van der Waals surface area contributed by atoms with Crippen LogP contribution >= 0.6 is 0 Å². The van der Waals surface area contributed by atoms with Gasteiger partial charge in [0.15, 0.2) is 0 Å². The van der Waals surface area contributed by atoms with Crippen molar-refractivity contribution in [3.05, 3.63) is 94.8 Å². The van der Waals surface area contributed by atoms with Crippen molar-refractivity contribution in [1.82, 2.24) is 9.62 Å². The minimum absolute atomic E-state index is 0.0105. The first kappa shape index (κ1) is 24.4. The molecule has 0 bridgehead atoms. The number of nitrogens with one attached hydrogen (secondary N) is 1. The van der Waals surface area contributed by atoms with E-state index in [-0.39, 0.29) is 28.5 Å². The van der Waals surface area contributed by atoms with Gasteiger partial charge in [0.2, 0.25) is 10.0 Å². The van der Waals surface area contributed by atoms with E-state index in [4.69, 9.17) is 0 Å². The van der Waals surface area contributed by atoms with Gasteiger partial charge in [-0.25, -0.2) is 17.5 Å². The minimum Gasteiger partial charge on any atom is -0.367 e. The van der Waals surface area contributed by atoms with Gasteiger partial charge in [0.25, 0.3) is 5.91 Å². The molecule has 35 heavy (non-hydrogen) atoms. The molecule has 7 nitrogen and oxygen atoms in total. The minimum atomic E-state index is -3.83. The fourth-order valence-corrected chi connectivity index (χ4v) is 5.38. The summed E-state index contributed by atoms with van der Waals surface area (Å²) < 4.78 is 42.5. The molecular weight excluding hydrogens is 467 g/mol. The van der Waals surface area contributed by atoms with Gasteiger partial charge in [-0.15, -0.1) is 0 Å². The van der Waals surface area contributed by atoms with Gasteiger partial charge in [-0.05, 0) is 42.3 Å². The molecule has 1 heterocycles. The molecule has 1 saturated heterocycles. The third-order valence-corrected chi connectivity index (χ3v) is 7.59. The largest absolute Gasteiger partial charge is 0.367 e. The normalized spacial score (nSPS) is 14.0. The third kappa shape index (κ3) is 5.34. The van der Waals surface area contributed by atoms with Gasteiger partial charge in [-0.3, -0.25) is 4.79 Å². The van der Waals surface area contributed by atoms with Crippen molar-refractivity contribution < 1.29 is 17.6 Å². The third-order valence-electron chi connectivity index (χ3n) is 6.04. The van der Waals surface area contributed by atoms with E-state index in [9.17, 15) is 22.9 Å². The summed E-state index contributed by atoms with van der Waals surface area (Å²) in [5, 5.41) is 9.30. The Hall–Kier alpha value is -3.74. The predicted octanol–water partition coefficient (Wildman–Crippen LogP) is 3.45. The van der Waals surface area contributed by atoms with E-state index >= 15 is 0 Å². The zero-order valence-corrected chi connectivity index (χ0v) is 20.1. The van der Waals surface area contributed by atoms with E-state index in [0.29, 0.717) is 37.4 Å². The van der Waals surface area contributed by atoms with Crippen LogP contribution in [0.25, 0.3) is 0 Å². The molecule has 180 valence electrons. The summed E-state index contributed by atoms with van der Waals surface area (Å²) in [4.78, 5) is 16.8. The highest BCUT2D eigenvalue weighted by molar-refractivity contribution is 7.89. The molecule has 0 radical (unpaired) electrons. The van der Waals surface area contributed by atoms with Crippen molar-refractivity contribution in [2.24, 2.45) is 0 Å². The van der Waals surface area contributed by atoms with Crippen molar-refractivity contribution in [1.29, 1.82) is 5.26 Å². The number of benzene rings is 3. The molecule has 1 fully saturated rings. The van der Waals surface area contributed by atoms with Gasteiger partial charge in [-0.2, -0.15) is 5.26 Å². The second-order valence-corrected chi connectivity index (χ2v) is 10.1. The number of rotatable bonds is 6.